The predicted molar refractivity (Wildman–Crippen MR) is 63.8 cm³/mol. The highest BCUT2D eigenvalue weighted by atomic mass is 19.1. The molecule has 18 heavy (non-hydrogen) atoms. The van der Waals surface area contributed by atoms with Crippen molar-refractivity contribution in [1.82, 2.24) is 5.32 Å². The Labute approximate surface area is 104 Å². The molecule has 0 unspecified atom stereocenters. The molecule has 0 aliphatic rings. The van der Waals surface area contributed by atoms with Crippen molar-refractivity contribution in [1.29, 1.82) is 0 Å². The van der Waals surface area contributed by atoms with E-state index in [1.165, 1.54) is 6.07 Å². The predicted octanol–water partition coefficient (Wildman–Crippen LogP) is 2.57. The number of nitrogens with one attached hydrogen (secondary N) is 1. The number of ether oxygens (including phenoxy) is 1. The van der Waals surface area contributed by atoms with Gasteiger partial charge in [0.25, 0.3) is 0 Å². The monoisotopic (exact) mass is 258 g/mol. The number of halogens is 2. The van der Waals surface area contributed by atoms with Crippen LogP contribution in [0.5, 0.6) is 0 Å². The second kappa shape index (κ2) is 5.20. The zero-order valence-electron chi connectivity index (χ0n) is 10.5. The van der Waals surface area contributed by atoms with Crippen LogP contribution in [-0.4, -0.2) is 11.7 Å². The zero-order chi connectivity index (χ0) is 13.9. The Morgan fingerprint density at radius 2 is 2.00 bits per heavy atom. The summed E-state index contributed by atoms with van der Waals surface area (Å²) in [6.07, 6.45) is -0.676. The van der Waals surface area contributed by atoms with Gasteiger partial charge in [0.05, 0.1) is 0 Å². The van der Waals surface area contributed by atoms with Gasteiger partial charge in [-0.05, 0) is 26.8 Å². The molecule has 0 aliphatic heterocycles. The summed E-state index contributed by atoms with van der Waals surface area (Å²) in [6.45, 7) is 5.01. The fourth-order valence-electron chi connectivity index (χ4n) is 1.23. The summed E-state index contributed by atoms with van der Waals surface area (Å²) >= 11 is 0. The maximum Gasteiger partial charge on any atom is 0.407 e. The van der Waals surface area contributed by atoms with Crippen molar-refractivity contribution in [3.8, 4) is 0 Å². The van der Waals surface area contributed by atoms with E-state index in [1.807, 2.05) is 0 Å². The maximum atomic E-state index is 13.5. The van der Waals surface area contributed by atoms with Gasteiger partial charge in [0.15, 0.2) is 5.82 Å². The molecule has 0 saturated heterocycles. The van der Waals surface area contributed by atoms with Gasteiger partial charge in [-0.3, -0.25) is 0 Å². The number of amides is 1. The summed E-state index contributed by atoms with van der Waals surface area (Å²) in [5, 5.41) is 2.36. The Morgan fingerprint density at radius 1 is 1.39 bits per heavy atom. The van der Waals surface area contributed by atoms with Crippen molar-refractivity contribution in [2.45, 2.75) is 32.9 Å². The summed E-state index contributed by atoms with van der Waals surface area (Å²) in [5.41, 5.74) is 4.10. The first-order valence-electron chi connectivity index (χ1n) is 5.40. The van der Waals surface area contributed by atoms with Crippen molar-refractivity contribution < 1.29 is 18.3 Å². The number of hydrogen-bond donors (Lipinski definition) is 2. The van der Waals surface area contributed by atoms with Gasteiger partial charge in [-0.2, -0.15) is 0 Å². The topological polar surface area (TPSA) is 64.3 Å². The van der Waals surface area contributed by atoms with Crippen molar-refractivity contribution in [3.63, 3.8) is 0 Å². The largest absolute Gasteiger partial charge is 0.444 e. The normalized spacial score (nSPS) is 11.2. The summed E-state index contributed by atoms with van der Waals surface area (Å²) in [7, 11) is 0. The SMILES string of the molecule is CC(C)(C)OC(=O)NCc1ccc(F)c(N)c1F. The molecule has 1 amide bonds. The summed E-state index contributed by atoms with van der Waals surface area (Å²) in [5.74, 6) is -1.69. The molecule has 1 aromatic rings. The quantitative estimate of drug-likeness (QED) is 0.801. The smallest absolute Gasteiger partial charge is 0.407 e. The number of alkyl carbamates (subject to hydrolysis) is 1. The Morgan fingerprint density at radius 3 is 2.56 bits per heavy atom. The minimum Gasteiger partial charge on any atom is -0.444 e. The van der Waals surface area contributed by atoms with Gasteiger partial charge in [-0.1, -0.05) is 6.07 Å². The minimum absolute atomic E-state index is 0.0970. The summed E-state index contributed by atoms with van der Waals surface area (Å²) < 4.78 is 31.4. The van der Waals surface area contributed by atoms with Crippen LogP contribution >= 0.6 is 0 Å². The Balaban J connectivity index is 2.65. The Bertz CT molecular complexity index is 456. The molecule has 6 heteroatoms. The number of benzene rings is 1. The van der Waals surface area contributed by atoms with E-state index in [1.54, 1.807) is 20.8 Å². The van der Waals surface area contributed by atoms with Gasteiger partial charge >= 0.3 is 6.09 Å². The van der Waals surface area contributed by atoms with Crippen LogP contribution in [0, 0.1) is 11.6 Å². The molecule has 0 spiro atoms. The summed E-state index contributed by atoms with van der Waals surface area (Å²) in [4.78, 5) is 11.3. The standard InChI is InChI=1S/C12H16F2N2O2/c1-12(2,3)18-11(17)16-6-7-4-5-8(13)10(15)9(7)14/h4-5H,6,15H2,1-3H3,(H,16,17). The van der Waals surface area contributed by atoms with Crippen LogP contribution in [0.15, 0.2) is 12.1 Å². The molecule has 1 aromatic carbocycles. The third-order valence-electron chi connectivity index (χ3n) is 2.03. The van der Waals surface area contributed by atoms with Crippen molar-refractivity contribution >= 4 is 11.8 Å². The first kappa shape index (κ1) is 14.2. The molecule has 3 N–H and O–H groups in total. The molecule has 1 rings (SSSR count). The molecular formula is C12H16F2N2O2. The van der Waals surface area contributed by atoms with Crippen molar-refractivity contribution in [2.24, 2.45) is 0 Å². The van der Waals surface area contributed by atoms with E-state index in [-0.39, 0.29) is 12.1 Å². The number of hydrogen-bond acceptors (Lipinski definition) is 3. The zero-order valence-corrected chi connectivity index (χ0v) is 10.5. The van der Waals surface area contributed by atoms with Crippen LogP contribution in [0.4, 0.5) is 19.3 Å². The minimum atomic E-state index is -0.869. The van der Waals surface area contributed by atoms with Gasteiger partial charge in [0.2, 0.25) is 0 Å². The molecule has 0 fully saturated rings. The van der Waals surface area contributed by atoms with E-state index < -0.39 is 29.0 Å². The van der Waals surface area contributed by atoms with E-state index in [4.69, 9.17) is 10.5 Å². The highest BCUT2D eigenvalue weighted by molar-refractivity contribution is 5.67. The van der Waals surface area contributed by atoms with Gasteiger partial charge in [0, 0.05) is 12.1 Å². The van der Waals surface area contributed by atoms with Crippen LogP contribution in [0.2, 0.25) is 0 Å². The molecule has 0 saturated carbocycles. The lowest BCUT2D eigenvalue weighted by molar-refractivity contribution is 0.0523. The second-order valence-electron chi connectivity index (χ2n) is 4.79. The van der Waals surface area contributed by atoms with Crippen LogP contribution < -0.4 is 11.1 Å². The van der Waals surface area contributed by atoms with E-state index in [9.17, 15) is 13.6 Å². The van der Waals surface area contributed by atoms with Crippen molar-refractivity contribution in [3.05, 3.63) is 29.3 Å². The summed E-state index contributed by atoms with van der Waals surface area (Å²) in [6, 6.07) is 2.27. The third kappa shape index (κ3) is 3.87. The van der Waals surface area contributed by atoms with Crippen LogP contribution in [0.3, 0.4) is 0 Å². The van der Waals surface area contributed by atoms with Crippen LogP contribution in [0.1, 0.15) is 26.3 Å². The number of nitrogens with two attached hydrogens (primary N) is 1. The molecule has 0 aliphatic carbocycles. The Hall–Kier alpha value is -1.85. The molecular weight excluding hydrogens is 242 g/mol. The molecule has 0 radical (unpaired) electrons. The van der Waals surface area contributed by atoms with E-state index >= 15 is 0 Å². The lowest BCUT2D eigenvalue weighted by atomic mass is 10.2. The fraction of sp³-hybridized carbons (Fsp3) is 0.417. The number of anilines is 1. The van der Waals surface area contributed by atoms with Gasteiger partial charge in [0.1, 0.15) is 17.1 Å². The molecule has 0 bridgehead atoms. The third-order valence-corrected chi connectivity index (χ3v) is 2.03. The molecule has 100 valence electrons. The number of carbonyl (C=O) groups excluding carboxylic acids is 1. The average molecular weight is 258 g/mol. The van der Waals surface area contributed by atoms with E-state index in [0.717, 1.165) is 6.07 Å². The number of rotatable bonds is 2. The Kier molecular flexibility index (Phi) is 4.11. The maximum absolute atomic E-state index is 13.5. The van der Waals surface area contributed by atoms with Gasteiger partial charge < -0.3 is 15.8 Å². The fourth-order valence-corrected chi connectivity index (χ4v) is 1.23. The van der Waals surface area contributed by atoms with Gasteiger partial charge in [-0.15, -0.1) is 0 Å². The molecule has 0 atom stereocenters. The highest BCUT2D eigenvalue weighted by Gasteiger charge is 2.17. The number of nitrogen functional groups attached to an aromatic ring is 1. The van der Waals surface area contributed by atoms with Crippen molar-refractivity contribution in [2.75, 3.05) is 5.73 Å². The molecule has 0 aromatic heterocycles. The van der Waals surface area contributed by atoms with Crippen LogP contribution in [-0.2, 0) is 11.3 Å². The first-order valence-corrected chi connectivity index (χ1v) is 5.40. The molecule has 0 heterocycles. The first-order chi connectivity index (χ1) is 8.20. The second-order valence-corrected chi connectivity index (χ2v) is 4.79. The van der Waals surface area contributed by atoms with E-state index in [0.29, 0.717) is 0 Å². The van der Waals surface area contributed by atoms with Crippen LogP contribution in [0.25, 0.3) is 0 Å². The average Bonchev–Trinajstić information content (AvgIpc) is 2.22. The lowest BCUT2D eigenvalue weighted by Crippen LogP contribution is -2.32. The van der Waals surface area contributed by atoms with Gasteiger partial charge in [-0.25, -0.2) is 13.6 Å². The van der Waals surface area contributed by atoms with E-state index in [2.05, 4.69) is 5.32 Å². The lowest BCUT2D eigenvalue weighted by Gasteiger charge is -2.19. The number of carbonyl (C=O) groups is 1. The highest BCUT2D eigenvalue weighted by Crippen LogP contribution is 2.18. The molecule has 4 nitrogen and oxygen atoms in total.